The van der Waals surface area contributed by atoms with Gasteiger partial charge in [-0.25, -0.2) is 0 Å². The highest BCUT2D eigenvalue weighted by Gasteiger charge is 2.02. The molecule has 3 heteroatoms. The highest BCUT2D eigenvalue weighted by atomic mass is 16.1. The standard InChI is InChI=1S/C18H29N2O/c1-20(2)16-12-7-5-3-4-6-11-15-19-18(21)17-13-9-8-10-14-17/h4,8-10,13-14H,3,5-7,11-12,15-16H2,1-2H3,(H,19,21). The van der Waals surface area contributed by atoms with Crippen LogP contribution in [0.5, 0.6) is 0 Å². The molecule has 0 saturated heterocycles. The number of carbonyl (C=O) groups excluding carboxylic acids is 1. The van der Waals surface area contributed by atoms with Gasteiger partial charge in [0, 0.05) is 12.1 Å². The highest BCUT2D eigenvalue weighted by Crippen LogP contribution is 2.06. The number of hydrogen-bond donors (Lipinski definition) is 1. The van der Waals surface area contributed by atoms with Crippen LogP contribution in [0, 0.1) is 6.42 Å². The van der Waals surface area contributed by atoms with Crippen molar-refractivity contribution in [3.05, 3.63) is 42.3 Å². The quantitative estimate of drug-likeness (QED) is 0.632. The maximum Gasteiger partial charge on any atom is 0.251 e. The Labute approximate surface area is 129 Å². The van der Waals surface area contributed by atoms with Gasteiger partial charge in [-0.3, -0.25) is 4.79 Å². The topological polar surface area (TPSA) is 32.3 Å². The summed E-state index contributed by atoms with van der Waals surface area (Å²) in [5.74, 6) is 0.0271. The molecule has 0 saturated carbocycles. The number of hydrogen-bond acceptors (Lipinski definition) is 2. The van der Waals surface area contributed by atoms with Crippen molar-refractivity contribution in [3.63, 3.8) is 0 Å². The van der Waals surface area contributed by atoms with E-state index in [0.717, 1.165) is 24.9 Å². The third kappa shape index (κ3) is 9.24. The predicted molar refractivity (Wildman–Crippen MR) is 89.3 cm³/mol. The van der Waals surface area contributed by atoms with Gasteiger partial charge >= 0.3 is 0 Å². The van der Waals surface area contributed by atoms with Crippen LogP contribution >= 0.6 is 0 Å². The molecule has 0 aromatic heterocycles. The van der Waals surface area contributed by atoms with Gasteiger partial charge in [-0.2, -0.15) is 0 Å². The minimum atomic E-state index is 0.0271. The number of rotatable bonds is 11. The number of carbonyl (C=O) groups is 1. The molecule has 0 heterocycles. The first-order valence-electron chi connectivity index (χ1n) is 8.00. The maximum absolute atomic E-state index is 11.8. The largest absolute Gasteiger partial charge is 0.352 e. The molecule has 0 fully saturated rings. The molecule has 0 unspecified atom stereocenters. The van der Waals surface area contributed by atoms with Crippen LogP contribution in [0.4, 0.5) is 0 Å². The monoisotopic (exact) mass is 289 g/mol. The summed E-state index contributed by atoms with van der Waals surface area (Å²) in [6.45, 7) is 1.94. The second-order valence-corrected chi connectivity index (χ2v) is 5.71. The van der Waals surface area contributed by atoms with Crippen molar-refractivity contribution >= 4 is 5.91 Å². The van der Waals surface area contributed by atoms with Crippen LogP contribution in [0.2, 0.25) is 0 Å². The Balaban J connectivity index is 1.90. The van der Waals surface area contributed by atoms with Crippen LogP contribution in [0.1, 0.15) is 48.9 Å². The van der Waals surface area contributed by atoms with Gasteiger partial charge in [0.2, 0.25) is 0 Å². The van der Waals surface area contributed by atoms with Crippen LogP contribution in [0.15, 0.2) is 30.3 Å². The first-order chi connectivity index (χ1) is 10.2. The van der Waals surface area contributed by atoms with E-state index in [4.69, 9.17) is 0 Å². The Morgan fingerprint density at radius 1 is 1.05 bits per heavy atom. The molecule has 1 rings (SSSR count). The van der Waals surface area contributed by atoms with Crippen molar-refractivity contribution in [2.75, 3.05) is 27.2 Å². The average Bonchev–Trinajstić information content (AvgIpc) is 2.49. The number of nitrogens with one attached hydrogen (secondary N) is 1. The van der Waals surface area contributed by atoms with Gasteiger partial charge in [-0.1, -0.05) is 37.5 Å². The second kappa shape index (κ2) is 11.3. The van der Waals surface area contributed by atoms with Crippen LogP contribution in [0.3, 0.4) is 0 Å². The van der Waals surface area contributed by atoms with Gasteiger partial charge in [-0.05, 0) is 58.5 Å². The summed E-state index contributed by atoms with van der Waals surface area (Å²) >= 11 is 0. The molecule has 1 radical (unpaired) electrons. The van der Waals surface area contributed by atoms with Crippen LogP contribution < -0.4 is 5.32 Å². The zero-order chi connectivity index (χ0) is 15.3. The van der Waals surface area contributed by atoms with Crippen LogP contribution in [0.25, 0.3) is 0 Å². The molecule has 0 aliphatic carbocycles. The third-order valence-electron chi connectivity index (χ3n) is 3.42. The molecule has 0 aliphatic heterocycles. The number of amides is 1. The lowest BCUT2D eigenvalue weighted by Gasteiger charge is -2.08. The predicted octanol–water partition coefficient (Wildman–Crippen LogP) is 3.52. The minimum absolute atomic E-state index is 0.0271. The van der Waals surface area contributed by atoms with Gasteiger partial charge in [0.1, 0.15) is 0 Å². The minimum Gasteiger partial charge on any atom is -0.352 e. The molecule has 21 heavy (non-hydrogen) atoms. The molecular formula is C18H29N2O. The lowest BCUT2D eigenvalue weighted by Crippen LogP contribution is -2.24. The van der Waals surface area contributed by atoms with Crippen molar-refractivity contribution in [1.82, 2.24) is 10.2 Å². The van der Waals surface area contributed by atoms with Crippen molar-refractivity contribution in [2.24, 2.45) is 0 Å². The molecule has 1 amide bonds. The van der Waals surface area contributed by atoms with E-state index >= 15 is 0 Å². The van der Waals surface area contributed by atoms with Crippen LogP contribution in [-0.2, 0) is 0 Å². The SMILES string of the molecule is CN(C)CCCCC[CH]CCCNC(=O)c1ccccc1. The number of unbranched alkanes of at least 4 members (excludes halogenated alkanes) is 6. The Bertz CT molecular complexity index is 376. The van der Waals surface area contributed by atoms with E-state index in [1.807, 2.05) is 30.3 Å². The summed E-state index contributed by atoms with van der Waals surface area (Å²) in [5, 5.41) is 2.96. The Hall–Kier alpha value is -1.35. The molecule has 0 spiro atoms. The Kier molecular flexibility index (Phi) is 9.55. The first-order valence-corrected chi connectivity index (χ1v) is 8.00. The van der Waals surface area contributed by atoms with Gasteiger partial charge < -0.3 is 10.2 Å². The van der Waals surface area contributed by atoms with E-state index in [1.165, 1.54) is 32.2 Å². The summed E-state index contributed by atoms with van der Waals surface area (Å²) in [6.07, 6.45) is 9.53. The summed E-state index contributed by atoms with van der Waals surface area (Å²) in [7, 11) is 4.24. The number of benzene rings is 1. The molecule has 117 valence electrons. The maximum atomic E-state index is 11.8. The first kappa shape index (κ1) is 17.7. The zero-order valence-electron chi connectivity index (χ0n) is 13.5. The Morgan fingerprint density at radius 2 is 1.76 bits per heavy atom. The van der Waals surface area contributed by atoms with E-state index in [2.05, 4.69) is 30.7 Å². The fraction of sp³-hybridized carbons (Fsp3) is 0.556. The summed E-state index contributed by atoms with van der Waals surface area (Å²) in [5.41, 5.74) is 0.738. The lowest BCUT2D eigenvalue weighted by molar-refractivity contribution is 0.0953. The fourth-order valence-corrected chi connectivity index (χ4v) is 2.18. The zero-order valence-corrected chi connectivity index (χ0v) is 13.5. The van der Waals surface area contributed by atoms with E-state index in [9.17, 15) is 4.79 Å². The second-order valence-electron chi connectivity index (χ2n) is 5.71. The lowest BCUT2D eigenvalue weighted by atomic mass is 10.1. The molecule has 1 aromatic rings. The number of nitrogens with zero attached hydrogens (tertiary/aromatic N) is 1. The summed E-state index contributed by atoms with van der Waals surface area (Å²) in [4.78, 5) is 14.0. The molecule has 0 atom stereocenters. The highest BCUT2D eigenvalue weighted by molar-refractivity contribution is 5.94. The normalized spacial score (nSPS) is 10.8. The van der Waals surface area contributed by atoms with Crippen molar-refractivity contribution < 1.29 is 4.79 Å². The molecule has 0 bridgehead atoms. The van der Waals surface area contributed by atoms with E-state index < -0.39 is 0 Å². The third-order valence-corrected chi connectivity index (χ3v) is 3.42. The van der Waals surface area contributed by atoms with Crippen molar-refractivity contribution in [1.29, 1.82) is 0 Å². The van der Waals surface area contributed by atoms with Crippen molar-refractivity contribution in [2.45, 2.75) is 38.5 Å². The average molecular weight is 289 g/mol. The van der Waals surface area contributed by atoms with E-state index in [1.54, 1.807) is 0 Å². The van der Waals surface area contributed by atoms with Gasteiger partial charge in [0.25, 0.3) is 5.91 Å². The molecular weight excluding hydrogens is 260 g/mol. The summed E-state index contributed by atoms with van der Waals surface area (Å²) in [6, 6.07) is 9.38. The molecule has 1 aromatic carbocycles. The van der Waals surface area contributed by atoms with Gasteiger partial charge in [0.15, 0.2) is 0 Å². The molecule has 0 aliphatic rings. The Morgan fingerprint density at radius 3 is 2.48 bits per heavy atom. The van der Waals surface area contributed by atoms with E-state index in [0.29, 0.717) is 0 Å². The van der Waals surface area contributed by atoms with Crippen LogP contribution in [-0.4, -0.2) is 38.0 Å². The fourth-order valence-electron chi connectivity index (χ4n) is 2.18. The summed E-state index contributed by atoms with van der Waals surface area (Å²) < 4.78 is 0. The van der Waals surface area contributed by atoms with Crippen molar-refractivity contribution in [3.8, 4) is 0 Å². The molecule has 1 N–H and O–H groups in total. The van der Waals surface area contributed by atoms with Gasteiger partial charge in [-0.15, -0.1) is 0 Å². The molecule has 3 nitrogen and oxygen atoms in total. The van der Waals surface area contributed by atoms with Gasteiger partial charge in [0.05, 0.1) is 0 Å². The smallest absolute Gasteiger partial charge is 0.251 e. The van der Waals surface area contributed by atoms with E-state index in [-0.39, 0.29) is 5.91 Å².